The number of hydrogen-bond acceptors (Lipinski definition) is 7. The van der Waals surface area contributed by atoms with E-state index in [2.05, 4.69) is 30.6 Å². The first kappa shape index (κ1) is 34.3. The van der Waals surface area contributed by atoms with Crippen molar-refractivity contribution in [3.8, 4) is 0 Å². The van der Waals surface area contributed by atoms with Crippen LogP contribution in [0, 0.1) is 46.3 Å². The maximum absolute atomic E-state index is 12.8. The van der Waals surface area contributed by atoms with Crippen molar-refractivity contribution in [1.29, 1.82) is 0 Å². The number of phosphoric acid groups is 1. The molecular weight excluding hydrogens is 559 g/mol. The molecule has 0 radical (unpaired) electrons. The molecule has 0 aromatic heterocycles. The van der Waals surface area contributed by atoms with E-state index in [-0.39, 0.29) is 65.1 Å². The van der Waals surface area contributed by atoms with Crippen molar-refractivity contribution in [2.24, 2.45) is 46.3 Å². The SMILES string of the molecule is C[C@H](CCC(=O)NCCC(COP(=O)([O-])O)[N+](C)(C)C)[C@H]1CC[C@H]2[C@@H]3[C@H](O)C[C@@H]4C[C@H](O)CC[C@]4(C)[C@H]3C[C@H](O)[C@]12C. The first-order valence-electron chi connectivity index (χ1n) is 16.2. The van der Waals surface area contributed by atoms with Gasteiger partial charge in [0.25, 0.3) is 7.82 Å². The second kappa shape index (κ2) is 12.7. The molecule has 0 aromatic rings. The van der Waals surface area contributed by atoms with Crippen LogP contribution in [0.15, 0.2) is 0 Å². The summed E-state index contributed by atoms with van der Waals surface area (Å²) in [4.78, 5) is 32.8. The summed E-state index contributed by atoms with van der Waals surface area (Å²) >= 11 is 0. The number of aliphatic hydroxyl groups is 3. The molecule has 2 unspecified atom stereocenters. The second-order valence-electron chi connectivity index (χ2n) is 15.7. The van der Waals surface area contributed by atoms with Gasteiger partial charge in [-0.1, -0.05) is 20.8 Å². The van der Waals surface area contributed by atoms with Crippen LogP contribution in [-0.4, -0.2) is 89.3 Å². The third-order valence-electron chi connectivity index (χ3n) is 12.7. The number of carbonyl (C=O) groups is 1. The van der Waals surface area contributed by atoms with Crippen LogP contribution in [-0.2, 0) is 13.9 Å². The molecule has 0 spiro atoms. The van der Waals surface area contributed by atoms with Gasteiger partial charge in [-0.2, -0.15) is 0 Å². The van der Waals surface area contributed by atoms with E-state index < -0.39 is 20.0 Å². The van der Waals surface area contributed by atoms with Crippen LogP contribution in [0.2, 0.25) is 0 Å². The summed E-state index contributed by atoms with van der Waals surface area (Å²) in [6, 6.07) is -0.225. The van der Waals surface area contributed by atoms with Crippen LogP contribution >= 0.6 is 7.82 Å². The lowest BCUT2D eigenvalue weighted by Crippen LogP contribution is -2.62. The molecule has 0 bridgehead atoms. The van der Waals surface area contributed by atoms with Crippen molar-refractivity contribution in [2.45, 2.75) is 109 Å². The zero-order valence-electron chi connectivity index (χ0n) is 26.6. The Morgan fingerprint density at radius 2 is 1.76 bits per heavy atom. The number of likely N-dealkylation sites (N-methyl/N-ethyl adjacent to an activating group) is 1. The monoisotopic (exact) mass is 616 g/mol. The Bertz CT molecular complexity index is 1000. The molecule has 1 amide bonds. The fraction of sp³-hybridized carbons (Fsp3) is 0.968. The lowest BCUT2D eigenvalue weighted by Gasteiger charge is -2.63. The first-order chi connectivity index (χ1) is 19.4. The van der Waals surface area contributed by atoms with Gasteiger partial charge in [0, 0.05) is 19.4 Å². The third kappa shape index (κ3) is 6.96. The minimum absolute atomic E-state index is 0.0512. The lowest BCUT2D eigenvalue weighted by atomic mass is 9.43. The van der Waals surface area contributed by atoms with Crippen molar-refractivity contribution in [1.82, 2.24) is 5.32 Å². The van der Waals surface area contributed by atoms with Crippen molar-refractivity contribution < 1.29 is 43.5 Å². The van der Waals surface area contributed by atoms with Crippen molar-refractivity contribution in [3.05, 3.63) is 0 Å². The van der Waals surface area contributed by atoms with E-state index in [9.17, 15) is 29.6 Å². The maximum atomic E-state index is 12.8. The molecule has 0 saturated heterocycles. The van der Waals surface area contributed by atoms with Crippen LogP contribution in [0.25, 0.3) is 0 Å². The second-order valence-corrected chi connectivity index (χ2v) is 16.9. The highest BCUT2D eigenvalue weighted by Crippen LogP contribution is 2.68. The van der Waals surface area contributed by atoms with Gasteiger partial charge in [-0.05, 0) is 97.7 Å². The number of amides is 1. The third-order valence-corrected chi connectivity index (χ3v) is 13.1. The topological polar surface area (TPSA) is 159 Å². The Balaban J connectivity index is 1.33. The largest absolute Gasteiger partial charge is 0.756 e. The molecular formula is C31H57N2O8P. The predicted molar refractivity (Wildman–Crippen MR) is 158 cm³/mol. The van der Waals surface area contributed by atoms with Crippen LogP contribution in [0.5, 0.6) is 0 Å². The Hall–Kier alpha value is -0.580. The summed E-state index contributed by atoms with van der Waals surface area (Å²) in [5.74, 6) is 1.47. The van der Waals surface area contributed by atoms with E-state index >= 15 is 0 Å². The van der Waals surface area contributed by atoms with E-state index in [1.807, 2.05) is 21.1 Å². The number of fused-ring (bicyclic) bond motifs is 5. The molecule has 4 fully saturated rings. The van der Waals surface area contributed by atoms with Gasteiger partial charge in [0.2, 0.25) is 5.91 Å². The molecule has 244 valence electrons. The molecule has 5 N–H and O–H groups in total. The molecule has 10 nitrogen and oxygen atoms in total. The van der Waals surface area contributed by atoms with Gasteiger partial charge in [-0.25, -0.2) is 0 Å². The zero-order chi connectivity index (χ0) is 31.3. The van der Waals surface area contributed by atoms with Crippen LogP contribution in [0.3, 0.4) is 0 Å². The Morgan fingerprint density at radius 3 is 2.40 bits per heavy atom. The molecule has 13 atom stereocenters. The van der Waals surface area contributed by atoms with E-state index in [1.165, 1.54) is 0 Å². The summed E-state index contributed by atoms with van der Waals surface area (Å²) in [5, 5.41) is 36.5. The van der Waals surface area contributed by atoms with Crippen molar-refractivity contribution >= 4 is 13.7 Å². The van der Waals surface area contributed by atoms with Crippen molar-refractivity contribution in [2.75, 3.05) is 34.3 Å². The number of carbonyl (C=O) groups excluding carboxylic acids is 1. The average Bonchev–Trinajstić information content (AvgIpc) is 3.23. The Labute approximate surface area is 252 Å². The molecule has 4 rings (SSSR count). The summed E-state index contributed by atoms with van der Waals surface area (Å²) < 4.78 is 16.1. The summed E-state index contributed by atoms with van der Waals surface area (Å²) in [6.45, 7) is 7.00. The minimum atomic E-state index is -4.81. The minimum Gasteiger partial charge on any atom is -0.756 e. The van der Waals surface area contributed by atoms with Gasteiger partial charge < -0.3 is 39.4 Å². The molecule has 4 aliphatic carbocycles. The summed E-state index contributed by atoms with van der Waals surface area (Å²) in [7, 11) is 0.922. The Morgan fingerprint density at radius 1 is 1.07 bits per heavy atom. The maximum Gasteiger partial charge on any atom is 0.265 e. The number of hydrogen-bond donors (Lipinski definition) is 5. The number of quaternary nitrogens is 1. The van der Waals surface area contributed by atoms with Gasteiger partial charge in [0.15, 0.2) is 0 Å². The van der Waals surface area contributed by atoms with Gasteiger partial charge >= 0.3 is 0 Å². The highest BCUT2D eigenvalue weighted by Gasteiger charge is 2.65. The molecule has 0 aromatic carbocycles. The number of nitrogens with one attached hydrogen (secondary N) is 1. The highest BCUT2D eigenvalue weighted by molar-refractivity contribution is 7.44. The molecule has 0 heterocycles. The molecule has 11 heteroatoms. The molecule has 0 aliphatic heterocycles. The summed E-state index contributed by atoms with van der Waals surface area (Å²) in [5.41, 5.74) is -0.238. The normalized spacial score (nSPS) is 42.9. The van der Waals surface area contributed by atoms with E-state index in [4.69, 9.17) is 4.89 Å². The summed E-state index contributed by atoms with van der Waals surface area (Å²) in [6.07, 6.45) is 6.44. The van der Waals surface area contributed by atoms with Crippen molar-refractivity contribution in [3.63, 3.8) is 0 Å². The van der Waals surface area contributed by atoms with Gasteiger partial charge in [0.05, 0.1) is 39.5 Å². The fourth-order valence-electron chi connectivity index (χ4n) is 10.0. The quantitative estimate of drug-likeness (QED) is 0.175. The van der Waals surface area contributed by atoms with Crippen LogP contribution in [0.4, 0.5) is 0 Å². The van der Waals surface area contributed by atoms with E-state index in [0.29, 0.717) is 42.6 Å². The van der Waals surface area contributed by atoms with Gasteiger partial charge in [-0.3, -0.25) is 9.36 Å². The van der Waals surface area contributed by atoms with Gasteiger partial charge in [0.1, 0.15) is 12.6 Å². The predicted octanol–water partition coefficient (Wildman–Crippen LogP) is 2.42. The Kier molecular flexibility index (Phi) is 10.3. The van der Waals surface area contributed by atoms with Gasteiger partial charge in [-0.15, -0.1) is 0 Å². The number of phosphoric ester groups is 1. The molecule has 4 saturated carbocycles. The van der Waals surface area contributed by atoms with E-state index in [1.54, 1.807) is 0 Å². The lowest BCUT2D eigenvalue weighted by molar-refractivity contribution is -0.896. The first-order valence-corrected chi connectivity index (χ1v) is 17.7. The standard InChI is InChI=1S/C31H57N2O8P/c1-19(7-10-28(37)32-14-12-21(33(4,5)6)18-41-42(38,39)40)23-8-9-24-29-25(17-27(36)31(23,24)3)30(2)13-11-22(34)15-20(30)16-26(29)35/h19-27,29,34-36H,7-18H2,1-6H3,(H2-,32,37,38,39,40)/t19-,20+,21?,22-,23-,24+,25+,26-,27+,29+,30+,31-/m1/s1. The highest BCUT2D eigenvalue weighted by atomic mass is 31.2. The average molecular weight is 617 g/mol. The van der Waals surface area contributed by atoms with Crippen LogP contribution < -0.4 is 10.2 Å². The van der Waals surface area contributed by atoms with Crippen LogP contribution in [0.1, 0.15) is 85.0 Å². The van der Waals surface area contributed by atoms with E-state index in [0.717, 1.165) is 38.5 Å². The zero-order valence-corrected chi connectivity index (χ0v) is 27.5. The fourth-order valence-corrected chi connectivity index (χ4v) is 10.4. The number of nitrogens with zero attached hydrogens (tertiary/aromatic N) is 1. The smallest absolute Gasteiger partial charge is 0.265 e. The number of rotatable bonds is 11. The molecule has 42 heavy (non-hydrogen) atoms. The number of aliphatic hydroxyl groups excluding tert-OH is 3. The molecule has 4 aliphatic rings.